The van der Waals surface area contributed by atoms with E-state index in [1.54, 1.807) is 0 Å². The first kappa shape index (κ1) is 12.0. The molecule has 90 valence electrons. The number of fused-ring (bicyclic) bond motifs is 1. The number of rotatable bonds is 5. The van der Waals surface area contributed by atoms with E-state index in [9.17, 15) is 0 Å². The van der Waals surface area contributed by atoms with E-state index in [2.05, 4.69) is 22.4 Å². The Labute approximate surface area is 102 Å². The summed E-state index contributed by atoms with van der Waals surface area (Å²) in [5.41, 5.74) is 2.27. The summed E-state index contributed by atoms with van der Waals surface area (Å²) >= 11 is 0. The van der Waals surface area contributed by atoms with E-state index in [1.165, 1.54) is 10.9 Å². The van der Waals surface area contributed by atoms with Crippen molar-refractivity contribution in [2.75, 3.05) is 20.3 Å². The monoisotopic (exact) mass is 230 g/mol. The first-order valence-electron chi connectivity index (χ1n) is 5.95. The maximum atomic E-state index is 5.51. The summed E-state index contributed by atoms with van der Waals surface area (Å²) in [5.74, 6) is 0. The number of aromatic nitrogens is 1. The highest BCUT2D eigenvalue weighted by Crippen LogP contribution is 2.22. The fourth-order valence-corrected chi connectivity index (χ4v) is 1.99. The molecule has 0 aliphatic carbocycles. The van der Waals surface area contributed by atoms with Gasteiger partial charge in [0, 0.05) is 18.2 Å². The molecule has 1 heterocycles. The first-order valence-corrected chi connectivity index (χ1v) is 5.95. The van der Waals surface area contributed by atoms with Gasteiger partial charge >= 0.3 is 0 Å². The number of para-hydroxylation sites is 1. The van der Waals surface area contributed by atoms with Gasteiger partial charge in [-0.05, 0) is 31.7 Å². The molecule has 0 saturated carbocycles. The Hall–Kier alpha value is -1.45. The molecule has 1 aromatic heterocycles. The van der Waals surface area contributed by atoms with E-state index < -0.39 is 0 Å². The summed E-state index contributed by atoms with van der Waals surface area (Å²) in [6.07, 6.45) is 1.86. The van der Waals surface area contributed by atoms with Gasteiger partial charge in [0.25, 0.3) is 0 Å². The molecule has 1 atom stereocenters. The van der Waals surface area contributed by atoms with Crippen molar-refractivity contribution in [3.05, 3.63) is 42.1 Å². The van der Waals surface area contributed by atoms with Crippen molar-refractivity contribution in [2.24, 2.45) is 0 Å². The highest BCUT2D eigenvalue weighted by atomic mass is 16.5. The van der Waals surface area contributed by atoms with Gasteiger partial charge in [0.2, 0.25) is 0 Å². The second-order valence-corrected chi connectivity index (χ2v) is 3.92. The van der Waals surface area contributed by atoms with Crippen LogP contribution in [-0.4, -0.2) is 25.2 Å². The molecule has 0 amide bonds. The zero-order chi connectivity index (χ0) is 12.1. The lowest BCUT2D eigenvalue weighted by atomic mass is 10.0. The summed E-state index contributed by atoms with van der Waals surface area (Å²) in [5, 5.41) is 4.48. The summed E-state index contributed by atoms with van der Waals surface area (Å²) < 4.78 is 5.51. The van der Waals surface area contributed by atoms with Crippen LogP contribution in [0.4, 0.5) is 0 Å². The number of nitrogens with zero attached hydrogens (tertiary/aromatic N) is 1. The van der Waals surface area contributed by atoms with Gasteiger partial charge in [-0.2, -0.15) is 0 Å². The lowest BCUT2D eigenvalue weighted by molar-refractivity contribution is 0.125. The molecule has 2 rings (SSSR count). The fraction of sp³-hybridized carbons (Fsp3) is 0.357. The Morgan fingerprint density at radius 3 is 2.88 bits per heavy atom. The standard InChI is InChI=1S/C14H18N2O/c1-3-17-10-14(15-2)12-8-9-16-13-7-5-4-6-11(12)13/h4-9,14-15H,3,10H2,1-2H3. The molecule has 0 spiro atoms. The lowest BCUT2D eigenvalue weighted by Crippen LogP contribution is -2.22. The zero-order valence-corrected chi connectivity index (χ0v) is 10.3. The van der Waals surface area contributed by atoms with Crippen molar-refractivity contribution >= 4 is 10.9 Å². The molecule has 0 aliphatic heterocycles. The number of hydrogen-bond acceptors (Lipinski definition) is 3. The predicted molar refractivity (Wildman–Crippen MR) is 70.0 cm³/mol. The lowest BCUT2D eigenvalue weighted by Gasteiger charge is -2.18. The first-order chi connectivity index (χ1) is 8.36. The quantitative estimate of drug-likeness (QED) is 0.857. The molecule has 0 fully saturated rings. The van der Waals surface area contributed by atoms with Gasteiger partial charge in [-0.3, -0.25) is 4.98 Å². The molecular weight excluding hydrogens is 212 g/mol. The van der Waals surface area contributed by atoms with Crippen LogP contribution < -0.4 is 5.32 Å². The fourth-order valence-electron chi connectivity index (χ4n) is 1.99. The van der Waals surface area contributed by atoms with E-state index in [1.807, 2.05) is 38.4 Å². The number of nitrogens with one attached hydrogen (secondary N) is 1. The van der Waals surface area contributed by atoms with Crippen LogP contribution in [0.15, 0.2) is 36.5 Å². The summed E-state index contributed by atoms with van der Waals surface area (Å²) in [6.45, 7) is 3.43. The summed E-state index contributed by atoms with van der Waals surface area (Å²) in [4.78, 5) is 4.37. The minimum atomic E-state index is 0.211. The molecule has 0 radical (unpaired) electrons. The molecule has 17 heavy (non-hydrogen) atoms. The van der Waals surface area contributed by atoms with Gasteiger partial charge in [-0.25, -0.2) is 0 Å². The molecule has 0 bridgehead atoms. The minimum absolute atomic E-state index is 0.211. The third kappa shape index (κ3) is 2.62. The number of ether oxygens (including phenoxy) is 1. The highest BCUT2D eigenvalue weighted by Gasteiger charge is 2.12. The molecule has 0 saturated heterocycles. The molecule has 1 unspecified atom stereocenters. The Bertz CT molecular complexity index is 479. The molecule has 3 heteroatoms. The van der Waals surface area contributed by atoms with Crippen LogP contribution in [0.25, 0.3) is 10.9 Å². The Morgan fingerprint density at radius 1 is 1.29 bits per heavy atom. The second-order valence-electron chi connectivity index (χ2n) is 3.92. The maximum absolute atomic E-state index is 5.51. The van der Waals surface area contributed by atoms with Crippen LogP contribution in [-0.2, 0) is 4.74 Å². The molecular formula is C14H18N2O. The smallest absolute Gasteiger partial charge is 0.0705 e. The van der Waals surface area contributed by atoms with Gasteiger partial charge in [-0.15, -0.1) is 0 Å². The molecule has 3 nitrogen and oxygen atoms in total. The third-order valence-corrected chi connectivity index (χ3v) is 2.90. The highest BCUT2D eigenvalue weighted by molar-refractivity contribution is 5.82. The van der Waals surface area contributed by atoms with Crippen LogP contribution in [0.1, 0.15) is 18.5 Å². The van der Waals surface area contributed by atoms with Crippen LogP contribution in [0.5, 0.6) is 0 Å². The van der Waals surface area contributed by atoms with E-state index in [4.69, 9.17) is 4.74 Å². The van der Waals surface area contributed by atoms with Crippen molar-refractivity contribution in [3.8, 4) is 0 Å². The second kappa shape index (κ2) is 5.75. The summed E-state index contributed by atoms with van der Waals surface area (Å²) in [6, 6.07) is 10.5. The van der Waals surface area contributed by atoms with E-state index >= 15 is 0 Å². The van der Waals surface area contributed by atoms with Crippen molar-refractivity contribution < 1.29 is 4.74 Å². The number of benzene rings is 1. The maximum Gasteiger partial charge on any atom is 0.0705 e. The Balaban J connectivity index is 2.38. The van der Waals surface area contributed by atoms with E-state index in [0.717, 1.165) is 12.1 Å². The normalized spacial score (nSPS) is 12.8. The van der Waals surface area contributed by atoms with Gasteiger partial charge < -0.3 is 10.1 Å². The molecule has 1 N–H and O–H groups in total. The number of likely N-dealkylation sites (N-methyl/N-ethyl adjacent to an activating group) is 1. The average molecular weight is 230 g/mol. The van der Waals surface area contributed by atoms with Gasteiger partial charge in [0.05, 0.1) is 18.2 Å². The Kier molecular flexibility index (Phi) is 4.07. The van der Waals surface area contributed by atoms with Crippen molar-refractivity contribution in [1.29, 1.82) is 0 Å². The molecule has 1 aromatic carbocycles. The number of hydrogen-bond donors (Lipinski definition) is 1. The number of pyridine rings is 1. The topological polar surface area (TPSA) is 34.1 Å². The van der Waals surface area contributed by atoms with E-state index in [0.29, 0.717) is 6.61 Å². The van der Waals surface area contributed by atoms with Gasteiger partial charge in [0.15, 0.2) is 0 Å². The van der Waals surface area contributed by atoms with Crippen LogP contribution in [0, 0.1) is 0 Å². The third-order valence-electron chi connectivity index (χ3n) is 2.90. The van der Waals surface area contributed by atoms with Crippen LogP contribution in [0.3, 0.4) is 0 Å². The zero-order valence-electron chi connectivity index (χ0n) is 10.3. The SMILES string of the molecule is CCOCC(NC)c1ccnc2ccccc12. The van der Waals surface area contributed by atoms with Crippen LogP contribution in [0.2, 0.25) is 0 Å². The van der Waals surface area contributed by atoms with Gasteiger partial charge in [-0.1, -0.05) is 18.2 Å². The van der Waals surface area contributed by atoms with Crippen molar-refractivity contribution in [2.45, 2.75) is 13.0 Å². The van der Waals surface area contributed by atoms with Crippen LogP contribution >= 0.6 is 0 Å². The van der Waals surface area contributed by atoms with Gasteiger partial charge in [0.1, 0.15) is 0 Å². The molecule has 2 aromatic rings. The van der Waals surface area contributed by atoms with E-state index in [-0.39, 0.29) is 6.04 Å². The van der Waals surface area contributed by atoms with Crippen molar-refractivity contribution in [1.82, 2.24) is 10.3 Å². The largest absolute Gasteiger partial charge is 0.380 e. The average Bonchev–Trinajstić information content (AvgIpc) is 2.40. The Morgan fingerprint density at radius 2 is 2.12 bits per heavy atom. The summed E-state index contributed by atoms with van der Waals surface area (Å²) in [7, 11) is 1.96. The molecule has 0 aliphatic rings. The minimum Gasteiger partial charge on any atom is -0.380 e. The predicted octanol–water partition coefficient (Wildman–Crippen LogP) is 2.53. The van der Waals surface area contributed by atoms with Crippen molar-refractivity contribution in [3.63, 3.8) is 0 Å².